The van der Waals surface area contributed by atoms with Gasteiger partial charge in [-0.25, -0.2) is 0 Å². The quantitative estimate of drug-likeness (QED) is 0.872. The van der Waals surface area contributed by atoms with Crippen molar-refractivity contribution in [3.05, 3.63) is 53.3 Å². The van der Waals surface area contributed by atoms with E-state index in [4.69, 9.17) is 14.7 Å². The van der Waals surface area contributed by atoms with Gasteiger partial charge >= 0.3 is 12.1 Å². The number of aryl methyl sites for hydroxylation is 2. The Morgan fingerprint density at radius 1 is 1.13 bits per heavy atom. The van der Waals surface area contributed by atoms with Gasteiger partial charge in [0.1, 0.15) is 5.69 Å². The number of carbonyl (C=O) groups excluding carboxylic acids is 2. The normalized spacial score (nSPS) is 9.83. The third kappa shape index (κ3) is 6.41. The molecule has 118 valence electrons. The molecule has 0 spiro atoms. The van der Waals surface area contributed by atoms with Crippen molar-refractivity contribution < 1.29 is 19.5 Å². The molecule has 0 aliphatic carbocycles. The Bertz CT molecular complexity index is 751. The van der Waals surface area contributed by atoms with E-state index in [-0.39, 0.29) is 12.6 Å². The number of aromatic nitrogens is 1. The maximum absolute atomic E-state index is 10.8. The predicted octanol–water partition coefficient (Wildman–Crippen LogP) is 3.16. The average Bonchev–Trinajstić information content (AvgIpc) is 2.48. The second kappa shape index (κ2) is 8.96. The summed E-state index contributed by atoms with van der Waals surface area (Å²) in [5, 5.41) is 17.1. The molecule has 1 heterocycles. The molecule has 0 saturated carbocycles. The summed E-state index contributed by atoms with van der Waals surface area (Å²) in [4.78, 5) is 31.1. The molecule has 1 aromatic heterocycles. The van der Waals surface area contributed by atoms with Gasteiger partial charge in [0.05, 0.1) is 18.3 Å². The first kappa shape index (κ1) is 17.9. The van der Waals surface area contributed by atoms with E-state index in [1.165, 1.54) is 0 Å². The number of nitrogens with zero attached hydrogens (tertiary/aromatic N) is 3. The van der Waals surface area contributed by atoms with Gasteiger partial charge in [0.15, 0.2) is 0 Å². The largest absolute Gasteiger partial charge is 0.481 e. The molecular formula is C16H15N3O4. The number of rotatable bonds is 4. The lowest BCUT2D eigenvalue weighted by atomic mass is 10.1. The molecule has 0 atom stereocenters. The van der Waals surface area contributed by atoms with Crippen LogP contribution < -0.4 is 0 Å². The first-order valence-electron chi connectivity index (χ1n) is 6.60. The summed E-state index contributed by atoms with van der Waals surface area (Å²) in [5.74, 6) is -0.856. The van der Waals surface area contributed by atoms with Crippen molar-refractivity contribution in [2.45, 2.75) is 20.3 Å². The Labute approximate surface area is 132 Å². The molecule has 0 amide bonds. The third-order valence-corrected chi connectivity index (χ3v) is 2.82. The Balaban J connectivity index is 0.000000816. The molecule has 2 rings (SSSR count). The molecule has 0 fully saturated rings. The Hall–Kier alpha value is -3.18. The van der Waals surface area contributed by atoms with Crippen LogP contribution in [0.5, 0.6) is 0 Å². The topological polar surface area (TPSA) is 109 Å². The Morgan fingerprint density at radius 2 is 1.78 bits per heavy atom. The van der Waals surface area contributed by atoms with Crippen LogP contribution in [0.25, 0.3) is 0 Å². The zero-order chi connectivity index (χ0) is 17.2. The summed E-state index contributed by atoms with van der Waals surface area (Å²) in [6.07, 6.45) is 3.61. The van der Waals surface area contributed by atoms with Gasteiger partial charge in [0.2, 0.25) is 0 Å². The highest BCUT2D eigenvalue weighted by Crippen LogP contribution is 2.21. The molecule has 0 unspecified atom stereocenters. The lowest BCUT2D eigenvalue weighted by molar-refractivity contribution is -0.191. The van der Waals surface area contributed by atoms with E-state index in [0.717, 1.165) is 16.7 Å². The standard InChI is InChI=1S/C15H15N3O2.CO2/c1-10-5-14(9-16-8-10)18-17-13-4-3-11(2)12(6-13)7-15(19)20;2-1-3/h3-6,8-9H,7H2,1-2H3,(H,19,20);. The van der Waals surface area contributed by atoms with Gasteiger partial charge in [-0.3, -0.25) is 9.78 Å². The maximum atomic E-state index is 10.8. The minimum Gasteiger partial charge on any atom is -0.481 e. The van der Waals surface area contributed by atoms with Crippen molar-refractivity contribution in [1.29, 1.82) is 0 Å². The summed E-state index contributed by atoms with van der Waals surface area (Å²) in [7, 11) is 0. The highest BCUT2D eigenvalue weighted by Gasteiger charge is 2.05. The van der Waals surface area contributed by atoms with E-state index >= 15 is 0 Å². The summed E-state index contributed by atoms with van der Waals surface area (Å²) in [6.45, 7) is 3.81. The number of carbonyl (C=O) groups is 1. The second-order valence-electron chi connectivity index (χ2n) is 4.69. The lowest BCUT2D eigenvalue weighted by Crippen LogP contribution is -2.01. The fourth-order valence-electron chi connectivity index (χ4n) is 1.78. The van der Waals surface area contributed by atoms with E-state index in [1.807, 2.05) is 32.0 Å². The van der Waals surface area contributed by atoms with E-state index in [9.17, 15) is 4.79 Å². The smallest absolute Gasteiger partial charge is 0.373 e. The number of hydrogen-bond acceptors (Lipinski definition) is 6. The van der Waals surface area contributed by atoms with Gasteiger partial charge in [-0.15, -0.1) is 5.11 Å². The highest BCUT2D eigenvalue weighted by molar-refractivity contribution is 5.71. The molecule has 0 aliphatic rings. The minimum atomic E-state index is -0.856. The van der Waals surface area contributed by atoms with Gasteiger partial charge in [0, 0.05) is 6.20 Å². The molecule has 7 nitrogen and oxygen atoms in total. The SMILES string of the molecule is Cc1cncc(N=Nc2ccc(C)c(CC(=O)O)c2)c1.O=C=O. The van der Waals surface area contributed by atoms with Crippen molar-refractivity contribution in [1.82, 2.24) is 4.98 Å². The molecule has 1 aromatic carbocycles. The molecule has 7 heteroatoms. The molecule has 23 heavy (non-hydrogen) atoms. The predicted molar refractivity (Wildman–Crippen MR) is 80.7 cm³/mol. The fourth-order valence-corrected chi connectivity index (χ4v) is 1.78. The van der Waals surface area contributed by atoms with E-state index in [1.54, 1.807) is 18.5 Å². The molecule has 0 saturated heterocycles. The monoisotopic (exact) mass is 313 g/mol. The summed E-state index contributed by atoms with van der Waals surface area (Å²) in [5.41, 5.74) is 4.00. The van der Waals surface area contributed by atoms with E-state index in [0.29, 0.717) is 11.4 Å². The van der Waals surface area contributed by atoms with Crippen molar-refractivity contribution in [3.63, 3.8) is 0 Å². The van der Waals surface area contributed by atoms with Gasteiger partial charge in [-0.2, -0.15) is 14.7 Å². The summed E-state index contributed by atoms with van der Waals surface area (Å²) >= 11 is 0. The Kier molecular flexibility index (Phi) is 6.97. The summed E-state index contributed by atoms with van der Waals surface area (Å²) in [6, 6.07) is 7.29. The molecule has 0 radical (unpaired) electrons. The maximum Gasteiger partial charge on any atom is 0.373 e. The van der Waals surface area contributed by atoms with Gasteiger partial charge in [-0.05, 0) is 48.7 Å². The zero-order valence-electron chi connectivity index (χ0n) is 12.7. The second-order valence-corrected chi connectivity index (χ2v) is 4.69. The van der Waals surface area contributed by atoms with Crippen molar-refractivity contribution in [2.24, 2.45) is 10.2 Å². The van der Waals surface area contributed by atoms with Crippen LogP contribution in [0.1, 0.15) is 16.7 Å². The van der Waals surface area contributed by atoms with Crippen LogP contribution in [0.4, 0.5) is 11.4 Å². The van der Waals surface area contributed by atoms with Crippen LogP contribution in [-0.2, 0) is 20.8 Å². The highest BCUT2D eigenvalue weighted by atomic mass is 16.4. The number of aliphatic carboxylic acids is 1. The molecular weight excluding hydrogens is 298 g/mol. The van der Waals surface area contributed by atoms with Crippen LogP contribution in [0, 0.1) is 13.8 Å². The molecule has 0 bridgehead atoms. The van der Waals surface area contributed by atoms with Crippen LogP contribution in [0.15, 0.2) is 46.9 Å². The van der Waals surface area contributed by atoms with Crippen LogP contribution in [0.2, 0.25) is 0 Å². The number of hydrogen-bond donors (Lipinski definition) is 1. The van der Waals surface area contributed by atoms with E-state index < -0.39 is 5.97 Å². The van der Waals surface area contributed by atoms with Crippen molar-refractivity contribution in [3.8, 4) is 0 Å². The molecule has 1 N–H and O–H groups in total. The van der Waals surface area contributed by atoms with Crippen molar-refractivity contribution in [2.75, 3.05) is 0 Å². The average molecular weight is 313 g/mol. The van der Waals surface area contributed by atoms with E-state index in [2.05, 4.69) is 15.2 Å². The van der Waals surface area contributed by atoms with Crippen LogP contribution in [-0.4, -0.2) is 22.2 Å². The van der Waals surface area contributed by atoms with Gasteiger partial charge < -0.3 is 5.11 Å². The number of pyridine rings is 1. The van der Waals surface area contributed by atoms with Gasteiger partial charge in [0.25, 0.3) is 0 Å². The number of benzene rings is 1. The number of carboxylic acid groups (broad SMARTS) is 1. The van der Waals surface area contributed by atoms with Crippen LogP contribution in [0.3, 0.4) is 0 Å². The Morgan fingerprint density at radius 3 is 2.39 bits per heavy atom. The molecule has 2 aromatic rings. The zero-order valence-corrected chi connectivity index (χ0v) is 12.7. The first-order valence-corrected chi connectivity index (χ1v) is 6.60. The third-order valence-electron chi connectivity index (χ3n) is 2.82. The number of carboxylic acids is 1. The molecule has 0 aliphatic heterocycles. The van der Waals surface area contributed by atoms with Gasteiger partial charge in [-0.1, -0.05) is 6.07 Å². The minimum absolute atomic E-state index is 0.0127. The van der Waals surface area contributed by atoms with Crippen molar-refractivity contribution >= 4 is 23.5 Å². The lowest BCUT2D eigenvalue weighted by Gasteiger charge is -2.03. The first-order chi connectivity index (χ1) is 11.0. The number of azo groups is 1. The van der Waals surface area contributed by atoms with Crippen LogP contribution >= 0.6 is 0 Å². The fraction of sp³-hybridized carbons (Fsp3) is 0.188. The summed E-state index contributed by atoms with van der Waals surface area (Å²) < 4.78 is 0.